The number of H-pyrrole nitrogens is 1. The smallest absolute Gasteiger partial charge is 0.254 e. The maximum absolute atomic E-state index is 14.0. The first-order valence-electron chi connectivity index (χ1n) is 17.9. The number of likely N-dealkylation sites (tertiary alicyclic amines) is 1. The van der Waals surface area contributed by atoms with Crippen molar-refractivity contribution in [1.29, 1.82) is 0 Å². The number of anilines is 1. The molecule has 1 unspecified atom stereocenters. The number of aromatic amines is 1. The van der Waals surface area contributed by atoms with Crippen molar-refractivity contribution in [2.75, 3.05) is 57.1 Å². The van der Waals surface area contributed by atoms with Gasteiger partial charge in [-0.3, -0.25) is 14.5 Å². The molecule has 1 aromatic carbocycles. The second kappa shape index (κ2) is 14.8. The van der Waals surface area contributed by atoms with E-state index < -0.39 is 5.79 Å². The molecule has 2 N–H and O–H groups in total. The quantitative estimate of drug-likeness (QED) is 0.294. The maximum atomic E-state index is 14.0. The number of piperidine rings is 1. The van der Waals surface area contributed by atoms with Crippen LogP contribution in [0.25, 0.3) is 11.1 Å². The van der Waals surface area contributed by atoms with Crippen LogP contribution in [0.15, 0.2) is 40.2 Å². The predicted molar refractivity (Wildman–Crippen MR) is 196 cm³/mol. The fourth-order valence-corrected chi connectivity index (χ4v) is 8.47. The third-order valence-electron chi connectivity index (χ3n) is 10.4. The van der Waals surface area contributed by atoms with Gasteiger partial charge < -0.3 is 38.9 Å². The molecule has 3 saturated heterocycles. The standard InChI is InChI=1S/C38H49N5O7S/c1-22-15-31(51-6)30(37(45)41-22)18-40-36(44)28-16-29(26-7-8-32(39-17-26)43-19-23(2)48-24(3)20-43)35-34(25(28)4)49-38(5,50-35)27-9-11-42(12-10-27)21-33-46-13-14-47-33/h7-8,15-17,23-24,27,33H,9-14,18-21H2,1-6H3,(H,40,44)(H,41,45)/t23-,24+,38?. The van der Waals surface area contributed by atoms with Crippen LogP contribution in [0.2, 0.25) is 0 Å². The summed E-state index contributed by atoms with van der Waals surface area (Å²) in [4.78, 5) is 40.0. The van der Waals surface area contributed by atoms with E-state index in [1.165, 1.54) is 11.8 Å². The number of amides is 1. The number of pyridine rings is 2. The second-order valence-electron chi connectivity index (χ2n) is 14.3. The summed E-state index contributed by atoms with van der Waals surface area (Å²) >= 11 is 1.48. The van der Waals surface area contributed by atoms with Crippen LogP contribution in [0.5, 0.6) is 11.5 Å². The van der Waals surface area contributed by atoms with Crippen molar-refractivity contribution in [3.05, 3.63) is 63.2 Å². The van der Waals surface area contributed by atoms with Gasteiger partial charge in [0.1, 0.15) is 5.82 Å². The molecule has 6 heterocycles. The van der Waals surface area contributed by atoms with E-state index in [9.17, 15) is 9.59 Å². The van der Waals surface area contributed by atoms with Gasteiger partial charge >= 0.3 is 0 Å². The molecule has 13 heteroatoms. The van der Waals surface area contributed by atoms with Gasteiger partial charge in [-0.2, -0.15) is 0 Å². The van der Waals surface area contributed by atoms with Crippen molar-refractivity contribution < 1.29 is 28.5 Å². The third kappa shape index (κ3) is 7.50. The van der Waals surface area contributed by atoms with E-state index in [1.807, 2.05) is 57.5 Å². The van der Waals surface area contributed by atoms with Gasteiger partial charge in [0.25, 0.3) is 17.3 Å². The Bertz CT molecular complexity index is 1800. The lowest BCUT2D eigenvalue weighted by atomic mass is 9.89. The highest BCUT2D eigenvalue weighted by atomic mass is 32.2. The molecule has 7 rings (SSSR count). The van der Waals surface area contributed by atoms with Gasteiger partial charge in [-0.15, -0.1) is 11.8 Å². The summed E-state index contributed by atoms with van der Waals surface area (Å²) in [5.41, 5.74) is 3.79. The van der Waals surface area contributed by atoms with Gasteiger partial charge in [0.15, 0.2) is 17.8 Å². The molecule has 0 saturated carbocycles. The minimum Gasteiger partial charge on any atom is -0.448 e. The van der Waals surface area contributed by atoms with Crippen LogP contribution >= 0.6 is 11.8 Å². The molecule has 4 aliphatic rings. The molecule has 2 aromatic heterocycles. The normalized spacial score (nSPS) is 24.3. The average molecular weight is 720 g/mol. The summed E-state index contributed by atoms with van der Waals surface area (Å²) in [5, 5.41) is 3.01. The van der Waals surface area contributed by atoms with Crippen molar-refractivity contribution >= 4 is 23.5 Å². The van der Waals surface area contributed by atoms with E-state index in [2.05, 4.69) is 33.9 Å². The predicted octanol–water partition coefficient (Wildman–Crippen LogP) is 4.89. The summed E-state index contributed by atoms with van der Waals surface area (Å²) in [6.45, 7) is 15.3. The number of thioether (sulfide) groups is 1. The van der Waals surface area contributed by atoms with E-state index in [-0.39, 0.29) is 42.4 Å². The molecular formula is C38H49N5O7S. The monoisotopic (exact) mass is 719 g/mol. The number of hydrogen-bond acceptors (Lipinski definition) is 11. The summed E-state index contributed by atoms with van der Waals surface area (Å²) in [6, 6.07) is 7.84. The highest BCUT2D eigenvalue weighted by molar-refractivity contribution is 7.98. The number of aryl methyl sites for hydroxylation is 1. The van der Waals surface area contributed by atoms with Crippen LogP contribution in [0.1, 0.15) is 60.8 Å². The van der Waals surface area contributed by atoms with Crippen molar-refractivity contribution in [3.63, 3.8) is 0 Å². The molecule has 0 bridgehead atoms. The minimum atomic E-state index is -0.917. The molecule has 0 aliphatic carbocycles. The Morgan fingerprint density at radius 3 is 2.43 bits per heavy atom. The largest absolute Gasteiger partial charge is 0.448 e. The summed E-state index contributed by atoms with van der Waals surface area (Å²) < 4.78 is 30.9. The van der Waals surface area contributed by atoms with Gasteiger partial charge in [0, 0.05) is 83.6 Å². The zero-order valence-corrected chi connectivity index (χ0v) is 31.2. The van der Waals surface area contributed by atoms with Crippen LogP contribution in [0.4, 0.5) is 5.82 Å². The maximum Gasteiger partial charge on any atom is 0.254 e. The van der Waals surface area contributed by atoms with Crippen LogP contribution in [0, 0.1) is 19.8 Å². The Morgan fingerprint density at radius 1 is 1.06 bits per heavy atom. The van der Waals surface area contributed by atoms with E-state index >= 15 is 0 Å². The van der Waals surface area contributed by atoms with E-state index in [4.69, 9.17) is 28.7 Å². The zero-order valence-electron chi connectivity index (χ0n) is 30.4. The van der Waals surface area contributed by atoms with Gasteiger partial charge in [-0.05, 0) is 84.1 Å². The molecule has 0 radical (unpaired) electrons. The van der Waals surface area contributed by atoms with Crippen molar-refractivity contribution in [1.82, 2.24) is 20.2 Å². The highest BCUT2D eigenvalue weighted by Crippen LogP contribution is 2.52. The Labute approximate surface area is 303 Å². The molecule has 12 nitrogen and oxygen atoms in total. The van der Waals surface area contributed by atoms with E-state index in [0.717, 1.165) is 73.1 Å². The number of carbonyl (C=O) groups excluding carboxylic acids is 1. The molecule has 0 spiro atoms. The molecule has 3 atom stereocenters. The number of morpholine rings is 1. The highest BCUT2D eigenvalue weighted by Gasteiger charge is 2.47. The summed E-state index contributed by atoms with van der Waals surface area (Å²) in [6.07, 6.45) is 5.59. The van der Waals surface area contributed by atoms with E-state index in [1.54, 1.807) is 0 Å². The topological polar surface area (TPSA) is 127 Å². The number of benzene rings is 1. The Hall–Kier alpha value is -3.62. The summed E-state index contributed by atoms with van der Waals surface area (Å²) in [7, 11) is 0. The number of hydrogen-bond donors (Lipinski definition) is 2. The Morgan fingerprint density at radius 2 is 1.76 bits per heavy atom. The SMILES string of the molecule is CSc1cc(C)[nH]c(=O)c1CNC(=O)c1cc(-c2ccc(N3C[C@@H](C)O[C@@H](C)C3)nc2)c2c(c1C)OC(C)(C1CCN(CC3OCCO3)CC1)O2. The average Bonchev–Trinajstić information content (AvgIpc) is 3.76. The number of carbonyl (C=O) groups is 1. The lowest BCUT2D eigenvalue weighted by molar-refractivity contribution is -0.130. The van der Waals surface area contributed by atoms with Crippen LogP contribution in [-0.2, 0) is 20.8 Å². The van der Waals surface area contributed by atoms with Crippen molar-refractivity contribution in [2.24, 2.45) is 5.92 Å². The third-order valence-corrected chi connectivity index (χ3v) is 11.2. The number of nitrogens with zero attached hydrogens (tertiary/aromatic N) is 3. The number of aromatic nitrogens is 2. The first-order chi connectivity index (χ1) is 24.5. The van der Waals surface area contributed by atoms with Gasteiger partial charge in [0.05, 0.1) is 25.4 Å². The molecule has 1 amide bonds. The first kappa shape index (κ1) is 35.8. The zero-order chi connectivity index (χ0) is 35.9. The molecule has 274 valence electrons. The second-order valence-corrected chi connectivity index (χ2v) is 15.1. The lowest BCUT2D eigenvalue weighted by Gasteiger charge is -2.39. The first-order valence-corrected chi connectivity index (χ1v) is 19.2. The van der Waals surface area contributed by atoms with Crippen LogP contribution < -0.4 is 25.2 Å². The molecular weight excluding hydrogens is 671 g/mol. The van der Waals surface area contributed by atoms with Crippen molar-refractivity contribution in [2.45, 2.75) is 83.2 Å². The molecule has 4 aliphatic heterocycles. The Balaban J connectivity index is 1.17. The number of nitrogens with one attached hydrogen (secondary N) is 2. The fourth-order valence-electron chi connectivity index (χ4n) is 7.76. The van der Waals surface area contributed by atoms with E-state index in [0.29, 0.717) is 41.4 Å². The van der Waals surface area contributed by atoms with Crippen LogP contribution in [-0.4, -0.2) is 97.3 Å². The van der Waals surface area contributed by atoms with Gasteiger partial charge in [-0.1, -0.05) is 0 Å². The fraction of sp³-hybridized carbons (Fsp3) is 0.553. The Kier molecular flexibility index (Phi) is 10.4. The molecule has 3 aromatic rings. The molecule has 51 heavy (non-hydrogen) atoms. The van der Waals surface area contributed by atoms with Gasteiger partial charge in [-0.25, -0.2) is 4.98 Å². The summed E-state index contributed by atoms with van der Waals surface area (Å²) in [5.74, 6) is 0.959. The van der Waals surface area contributed by atoms with Crippen LogP contribution in [0.3, 0.4) is 0 Å². The lowest BCUT2D eigenvalue weighted by Crippen LogP contribution is -2.49. The number of rotatable bonds is 9. The van der Waals surface area contributed by atoms with Gasteiger partial charge in [0.2, 0.25) is 0 Å². The van der Waals surface area contributed by atoms with Crippen molar-refractivity contribution in [3.8, 4) is 22.6 Å². The number of ether oxygens (including phenoxy) is 5. The molecule has 3 fully saturated rings. The minimum absolute atomic E-state index is 0.0910. The number of fused-ring (bicyclic) bond motifs is 1.